The summed E-state index contributed by atoms with van der Waals surface area (Å²) in [4.78, 5) is 15.1. The summed E-state index contributed by atoms with van der Waals surface area (Å²) in [7, 11) is 0. The summed E-state index contributed by atoms with van der Waals surface area (Å²) in [6.45, 7) is 0. The van der Waals surface area contributed by atoms with Crippen LogP contribution in [0, 0.1) is 22.7 Å². The number of primary amides is 1. The van der Waals surface area contributed by atoms with Crippen molar-refractivity contribution in [2.24, 2.45) is 5.73 Å². The summed E-state index contributed by atoms with van der Waals surface area (Å²) < 4.78 is 9.26. The molecule has 2 rings (SSSR count). The molecule has 1 heterocycles. The predicted octanol–water partition coefficient (Wildman–Crippen LogP) is 2.72. The Kier molecular flexibility index (Phi) is 6.36. The molecule has 8 nitrogen and oxygen atoms in total. The van der Waals surface area contributed by atoms with Crippen LogP contribution < -0.4 is 20.0 Å². The first-order valence-electron chi connectivity index (χ1n) is 6.73. The van der Waals surface area contributed by atoms with E-state index in [2.05, 4.69) is 13.6 Å². The Balaban J connectivity index is 2.76. The van der Waals surface area contributed by atoms with Crippen LogP contribution in [0.3, 0.4) is 0 Å². The number of nitrogen functional groups attached to an aromatic ring is 1. The summed E-state index contributed by atoms with van der Waals surface area (Å²) in [5.41, 5.74) is 11.6. The van der Waals surface area contributed by atoms with E-state index in [0.29, 0.717) is 5.56 Å². The number of nitrogens with zero attached hydrogens (tertiary/aromatic N) is 3. The van der Waals surface area contributed by atoms with E-state index in [9.17, 15) is 15.3 Å². The standard InChI is InChI=1S/C15H9Cl2N5O3S/c16-24-10-2-1-7(3-11(10)25-17)13-8(4-18)14(21)22-15(9(13)5-19)26-6-12(20)23/h1-3H,6H2,(H2,20,23)(H2,21,22). The van der Waals surface area contributed by atoms with E-state index in [1.807, 2.05) is 12.1 Å². The van der Waals surface area contributed by atoms with Gasteiger partial charge in [-0.1, -0.05) is 17.8 Å². The Morgan fingerprint density at radius 2 is 1.85 bits per heavy atom. The number of benzene rings is 1. The number of hydrogen-bond donors (Lipinski definition) is 2. The Labute approximate surface area is 162 Å². The predicted molar refractivity (Wildman–Crippen MR) is 96.4 cm³/mol. The molecule has 0 aliphatic rings. The zero-order chi connectivity index (χ0) is 19.3. The fraction of sp³-hybridized carbons (Fsp3) is 0.0667. The number of hydrogen-bond acceptors (Lipinski definition) is 8. The number of thioether (sulfide) groups is 1. The van der Waals surface area contributed by atoms with E-state index in [4.69, 9.17) is 35.2 Å². The molecule has 0 spiro atoms. The van der Waals surface area contributed by atoms with Gasteiger partial charge in [0.2, 0.25) is 5.91 Å². The molecule has 0 aliphatic carbocycles. The van der Waals surface area contributed by atoms with Crippen LogP contribution in [0.15, 0.2) is 23.2 Å². The fourth-order valence-electron chi connectivity index (χ4n) is 2.12. The van der Waals surface area contributed by atoms with Gasteiger partial charge >= 0.3 is 0 Å². The van der Waals surface area contributed by atoms with Gasteiger partial charge in [-0.05, 0) is 17.7 Å². The molecule has 0 saturated carbocycles. The molecule has 1 aromatic carbocycles. The van der Waals surface area contributed by atoms with E-state index in [0.717, 1.165) is 11.8 Å². The first kappa shape index (κ1) is 19.5. The quantitative estimate of drug-likeness (QED) is 0.691. The molecule has 4 N–H and O–H groups in total. The number of nitriles is 2. The normalized spacial score (nSPS) is 9.85. The van der Waals surface area contributed by atoms with Gasteiger partial charge in [-0.2, -0.15) is 10.5 Å². The third-order valence-electron chi connectivity index (χ3n) is 3.17. The fourth-order valence-corrected chi connectivity index (χ4v) is 3.10. The van der Waals surface area contributed by atoms with Gasteiger partial charge in [-0.15, -0.1) is 0 Å². The van der Waals surface area contributed by atoms with E-state index in [-0.39, 0.29) is 44.8 Å². The van der Waals surface area contributed by atoms with Crippen molar-refractivity contribution < 1.29 is 13.4 Å². The van der Waals surface area contributed by atoms with Gasteiger partial charge in [0.25, 0.3) is 0 Å². The number of carbonyl (C=O) groups excluding carboxylic acids is 1. The minimum atomic E-state index is -0.591. The monoisotopic (exact) mass is 409 g/mol. The van der Waals surface area contributed by atoms with Crippen molar-refractivity contribution in [2.45, 2.75) is 5.03 Å². The summed E-state index contributed by atoms with van der Waals surface area (Å²) in [6.07, 6.45) is 0. The van der Waals surface area contributed by atoms with E-state index < -0.39 is 5.91 Å². The van der Waals surface area contributed by atoms with Crippen LogP contribution in [-0.4, -0.2) is 16.6 Å². The highest BCUT2D eigenvalue weighted by Crippen LogP contribution is 2.39. The topological polar surface area (TPSA) is 148 Å². The average molecular weight is 410 g/mol. The van der Waals surface area contributed by atoms with Gasteiger partial charge < -0.3 is 20.0 Å². The van der Waals surface area contributed by atoms with Crippen molar-refractivity contribution >= 4 is 47.2 Å². The zero-order valence-electron chi connectivity index (χ0n) is 12.8. The van der Waals surface area contributed by atoms with Crippen LogP contribution in [0.2, 0.25) is 0 Å². The Hall–Kier alpha value is -2.85. The van der Waals surface area contributed by atoms with Crippen LogP contribution in [0.1, 0.15) is 11.1 Å². The summed E-state index contributed by atoms with van der Waals surface area (Å²) >= 11 is 11.7. The van der Waals surface area contributed by atoms with Crippen LogP contribution >= 0.6 is 35.5 Å². The third-order valence-corrected chi connectivity index (χ3v) is 4.50. The second-order valence-corrected chi connectivity index (χ2v) is 5.99. The highest BCUT2D eigenvalue weighted by atomic mass is 35.5. The largest absolute Gasteiger partial charge is 0.383 e. The molecule has 26 heavy (non-hydrogen) atoms. The SMILES string of the molecule is N#Cc1c(N)nc(SCC(N)=O)c(C#N)c1-c1ccc(OCl)c(OCl)c1. The highest BCUT2D eigenvalue weighted by molar-refractivity contribution is 8.00. The maximum absolute atomic E-state index is 11.0. The molecule has 0 radical (unpaired) electrons. The van der Waals surface area contributed by atoms with Gasteiger partial charge in [0, 0.05) is 5.56 Å². The van der Waals surface area contributed by atoms with Crippen LogP contribution in [-0.2, 0) is 4.79 Å². The molecule has 2 aromatic rings. The minimum Gasteiger partial charge on any atom is -0.383 e. The molecule has 0 aliphatic heterocycles. The molecule has 0 bridgehead atoms. The van der Waals surface area contributed by atoms with E-state index in [1.54, 1.807) is 0 Å². The molecule has 0 atom stereocenters. The second kappa shape index (κ2) is 8.50. The smallest absolute Gasteiger partial charge is 0.227 e. The summed E-state index contributed by atoms with van der Waals surface area (Å²) in [5, 5.41) is 19.2. The summed E-state index contributed by atoms with van der Waals surface area (Å²) in [6, 6.07) is 8.30. The Morgan fingerprint density at radius 3 is 2.38 bits per heavy atom. The highest BCUT2D eigenvalue weighted by Gasteiger charge is 2.22. The number of pyridine rings is 1. The van der Waals surface area contributed by atoms with Crippen molar-refractivity contribution in [1.82, 2.24) is 4.98 Å². The lowest BCUT2D eigenvalue weighted by atomic mass is 9.96. The molecular formula is C15H9Cl2N5O3S. The van der Waals surface area contributed by atoms with E-state index in [1.165, 1.54) is 18.2 Å². The number of carbonyl (C=O) groups is 1. The van der Waals surface area contributed by atoms with Gasteiger partial charge in [0.1, 0.15) is 52.3 Å². The first-order chi connectivity index (χ1) is 12.5. The molecular weight excluding hydrogens is 401 g/mol. The number of aromatic nitrogens is 1. The molecule has 11 heteroatoms. The van der Waals surface area contributed by atoms with Crippen molar-refractivity contribution in [2.75, 3.05) is 11.5 Å². The van der Waals surface area contributed by atoms with Crippen molar-refractivity contribution in [3.05, 3.63) is 29.3 Å². The van der Waals surface area contributed by atoms with Crippen molar-refractivity contribution in [1.29, 1.82) is 10.5 Å². The summed E-state index contributed by atoms with van der Waals surface area (Å²) in [5.74, 6) is -0.603. The van der Waals surface area contributed by atoms with Gasteiger partial charge in [-0.25, -0.2) is 4.98 Å². The lowest BCUT2D eigenvalue weighted by Crippen LogP contribution is -2.14. The second-order valence-electron chi connectivity index (χ2n) is 4.72. The van der Waals surface area contributed by atoms with Gasteiger partial charge in [-0.3, -0.25) is 4.79 Å². The van der Waals surface area contributed by atoms with Crippen LogP contribution in [0.25, 0.3) is 11.1 Å². The molecule has 1 amide bonds. The third kappa shape index (κ3) is 3.86. The Bertz CT molecular complexity index is 956. The Morgan fingerprint density at radius 1 is 1.19 bits per heavy atom. The lowest BCUT2D eigenvalue weighted by Gasteiger charge is -2.13. The van der Waals surface area contributed by atoms with E-state index >= 15 is 0 Å². The van der Waals surface area contributed by atoms with Crippen LogP contribution in [0.5, 0.6) is 11.5 Å². The zero-order valence-corrected chi connectivity index (χ0v) is 15.2. The number of amides is 1. The molecule has 1 aromatic heterocycles. The number of rotatable bonds is 6. The van der Waals surface area contributed by atoms with Crippen molar-refractivity contribution in [3.8, 4) is 34.8 Å². The number of halogens is 2. The van der Waals surface area contributed by atoms with Crippen molar-refractivity contribution in [3.63, 3.8) is 0 Å². The molecule has 132 valence electrons. The molecule has 0 unspecified atom stereocenters. The lowest BCUT2D eigenvalue weighted by molar-refractivity contribution is -0.115. The molecule has 0 saturated heterocycles. The number of nitrogens with two attached hydrogens (primary N) is 2. The molecule has 0 fully saturated rings. The van der Waals surface area contributed by atoms with Gasteiger partial charge in [0.15, 0.2) is 11.5 Å². The number of anilines is 1. The van der Waals surface area contributed by atoms with Crippen LogP contribution in [0.4, 0.5) is 5.82 Å². The minimum absolute atomic E-state index is 0.00922. The van der Waals surface area contributed by atoms with Gasteiger partial charge in [0.05, 0.1) is 11.3 Å². The average Bonchev–Trinajstić information content (AvgIpc) is 2.64. The maximum Gasteiger partial charge on any atom is 0.227 e. The maximum atomic E-state index is 11.0. The first-order valence-corrected chi connectivity index (χ1v) is 8.33.